The lowest BCUT2D eigenvalue weighted by atomic mass is 10.2. The van der Waals surface area contributed by atoms with Gasteiger partial charge in [-0.15, -0.1) is 0 Å². The van der Waals surface area contributed by atoms with Crippen molar-refractivity contribution in [3.05, 3.63) is 58.6 Å². The lowest BCUT2D eigenvalue weighted by Crippen LogP contribution is -2.30. The van der Waals surface area contributed by atoms with Gasteiger partial charge in [-0.05, 0) is 56.7 Å². The molecule has 0 radical (unpaired) electrons. The molecule has 5 nitrogen and oxygen atoms in total. The van der Waals surface area contributed by atoms with Gasteiger partial charge in [-0.25, -0.2) is 13.1 Å². The average Bonchev–Trinajstić information content (AvgIpc) is 2.49. The van der Waals surface area contributed by atoms with Crippen LogP contribution in [-0.4, -0.2) is 20.4 Å². The molecule has 0 spiro atoms. The average molecular weight is 367 g/mol. The molecule has 0 aromatic heterocycles. The highest BCUT2D eigenvalue weighted by molar-refractivity contribution is 7.89. The van der Waals surface area contributed by atoms with E-state index in [4.69, 9.17) is 11.6 Å². The Kier molecular flexibility index (Phi) is 5.64. The summed E-state index contributed by atoms with van der Waals surface area (Å²) in [6.45, 7) is 5.36. The first-order valence-electron chi connectivity index (χ1n) is 7.39. The fourth-order valence-electron chi connectivity index (χ4n) is 2.10. The van der Waals surface area contributed by atoms with Crippen molar-refractivity contribution in [2.45, 2.75) is 31.7 Å². The first-order chi connectivity index (χ1) is 11.2. The van der Waals surface area contributed by atoms with Gasteiger partial charge in [0.2, 0.25) is 10.0 Å². The van der Waals surface area contributed by atoms with Crippen molar-refractivity contribution < 1.29 is 13.2 Å². The Morgan fingerprint density at radius 1 is 1.12 bits per heavy atom. The number of hydrogen-bond donors (Lipinski definition) is 2. The van der Waals surface area contributed by atoms with Crippen molar-refractivity contribution in [1.82, 2.24) is 4.72 Å². The molecule has 0 saturated heterocycles. The van der Waals surface area contributed by atoms with E-state index in [1.807, 2.05) is 13.0 Å². The van der Waals surface area contributed by atoms with E-state index in [9.17, 15) is 13.2 Å². The molecule has 0 atom stereocenters. The summed E-state index contributed by atoms with van der Waals surface area (Å²) in [5.74, 6) is -0.428. The quantitative estimate of drug-likeness (QED) is 0.849. The van der Waals surface area contributed by atoms with Crippen LogP contribution in [0.25, 0.3) is 0 Å². The molecule has 0 aliphatic carbocycles. The second kappa shape index (κ2) is 7.34. The fraction of sp³-hybridized carbons (Fsp3) is 0.235. The summed E-state index contributed by atoms with van der Waals surface area (Å²) < 4.78 is 26.9. The number of halogens is 1. The maximum atomic E-state index is 12.4. The summed E-state index contributed by atoms with van der Waals surface area (Å²) in [7, 11) is -3.66. The number of anilines is 1. The molecule has 128 valence electrons. The molecule has 0 bridgehead atoms. The van der Waals surface area contributed by atoms with Crippen LogP contribution >= 0.6 is 11.6 Å². The van der Waals surface area contributed by atoms with Gasteiger partial charge in [0.25, 0.3) is 5.91 Å². The predicted molar refractivity (Wildman–Crippen MR) is 96.0 cm³/mol. The minimum atomic E-state index is -3.66. The van der Waals surface area contributed by atoms with E-state index < -0.39 is 15.9 Å². The van der Waals surface area contributed by atoms with Crippen LogP contribution in [0, 0.1) is 6.92 Å². The maximum Gasteiger partial charge on any atom is 0.255 e. The van der Waals surface area contributed by atoms with E-state index in [0.717, 1.165) is 5.56 Å². The molecule has 2 aromatic carbocycles. The number of aryl methyl sites for hydroxylation is 1. The molecule has 24 heavy (non-hydrogen) atoms. The third kappa shape index (κ3) is 4.56. The molecule has 0 aliphatic rings. The summed E-state index contributed by atoms with van der Waals surface area (Å²) in [4.78, 5) is 12.4. The van der Waals surface area contributed by atoms with Crippen LogP contribution in [0.4, 0.5) is 5.69 Å². The Morgan fingerprint density at radius 3 is 2.46 bits per heavy atom. The van der Waals surface area contributed by atoms with Gasteiger partial charge in [0.1, 0.15) is 0 Å². The van der Waals surface area contributed by atoms with Crippen molar-refractivity contribution in [1.29, 1.82) is 0 Å². The van der Waals surface area contributed by atoms with Crippen LogP contribution in [0.3, 0.4) is 0 Å². The molecule has 0 aliphatic heterocycles. The predicted octanol–water partition coefficient (Wildman–Crippen LogP) is 3.59. The minimum Gasteiger partial charge on any atom is -0.321 e. The van der Waals surface area contributed by atoms with Gasteiger partial charge >= 0.3 is 0 Å². The van der Waals surface area contributed by atoms with Crippen LogP contribution in [0.1, 0.15) is 29.8 Å². The van der Waals surface area contributed by atoms with Crippen molar-refractivity contribution in [2.75, 3.05) is 5.32 Å². The monoisotopic (exact) mass is 366 g/mol. The van der Waals surface area contributed by atoms with E-state index in [1.54, 1.807) is 32.0 Å². The van der Waals surface area contributed by atoms with Gasteiger partial charge in [-0.3, -0.25) is 4.79 Å². The van der Waals surface area contributed by atoms with E-state index in [-0.39, 0.29) is 16.5 Å². The smallest absolute Gasteiger partial charge is 0.255 e. The lowest BCUT2D eigenvalue weighted by Gasteiger charge is -2.11. The first-order valence-corrected chi connectivity index (χ1v) is 9.25. The summed E-state index contributed by atoms with van der Waals surface area (Å²) in [5.41, 5.74) is 1.69. The summed E-state index contributed by atoms with van der Waals surface area (Å²) >= 11 is 6.10. The Labute approximate surface area is 147 Å². The Balaban J connectivity index is 2.26. The highest BCUT2D eigenvalue weighted by atomic mass is 35.5. The molecule has 0 heterocycles. The number of hydrogen-bond acceptors (Lipinski definition) is 3. The van der Waals surface area contributed by atoms with Gasteiger partial charge in [0.15, 0.2) is 0 Å². The summed E-state index contributed by atoms with van der Waals surface area (Å²) in [5, 5.41) is 3.11. The summed E-state index contributed by atoms with van der Waals surface area (Å²) in [6.07, 6.45) is 0. The van der Waals surface area contributed by atoms with E-state index in [1.165, 1.54) is 18.2 Å². The molecule has 0 unspecified atom stereocenters. The van der Waals surface area contributed by atoms with Gasteiger partial charge in [0, 0.05) is 11.6 Å². The first kappa shape index (κ1) is 18.4. The highest BCUT2D eigenvalue weighted by Crippen LogP contribution is 2.23. The van der Waals surface area contributed by atoms with Gasteiger partial charge in [-0.1, -0.05) is 23.7 Å². The van der Waals surface area contributed by atoms with Crippen molar-refractivity contribution in [2.24, 2.45) is 0 Å². The van der Waals surface area contributed by atoms with Crippen LogP contribution in [-0.2, 0) is 10.0 Å². The second-order valence-electron chi connectivity index (χ2n) is 5.74. The van der Waals surface area contributed by atoms with Crippen molar-refractivity contribution >= 4 is 33.2 Å². The Hall–Kier alpha value is -1.89. The van der Waals surface area contributed by atoms with E-state index >= 15 is 0 Å². The molecular formula is C17H19ClN2O3S. The number of rotatable bonds is 5. The highest BCUT2D eigenvalue weighted by Gasteiger charge is 2.17. The molecule has 0 saturated carbocycles. The van der Waals surface area contributed by atoms with Gasteiger partial charge < -0.3 is 5.32 Å². The number of carbonyl (C=O) groups is 1. The largest absolute Gasteiger partial charge is 0.321 e. The van der Waals surface area contributed by atoms with Crippen LogP contribution in [0.2, 0.25) is 5.02 Å². The third-order valence-corrected chi connectivity index (χ3v) is 5.14. The SMILES string of the molecule is Cc1ccc(NC(=O)c2cccc(S(=O)(=O)NC(C)C)c2)c(Cl)c1. The Bertz CT molecular complexity index is 864. The van der Waals surface area contributed by atoms with Gasteiger partial charge in [0.05, 0.1) is 15.6 Å². The number of carbonyl (C=O) groups excluding carboxylic acids is 1. The topological polar surface area (TPSA) is 75.3 Å². The molecule has 2 rings (SSSR count). The molecule has 0 fully saturated rings. The Morgan fingerprint density at radius 2 is 1.83 bits per heavy atom. The van der Waals surface area contributed by atoms with Gasteiger partial charge in [-0.2, -0.15) is 0 Å². The fourth-order valence-corrected chi connectivity index (χ4v) is 3.68. The maximum absolute atomic E-state index is 12.4. The molecule has 2 N–H and O–H groups in total. The normalized spacial score (nSPS) is 11.5. The standard InChI is InChI=1S/C17H19ClN2O3S/c1-11(2)20-24(22,23)14-6-4-5-13(10-14)17(21)19-16-8-7-12(3)9-15(16)18/h4-11,20H,1-3H3,(H,19,21). The van der Waals surface area contributed by atoms with E-state index in [0.29, 0.717) is 10.7 Å². The summed E-state index contributed by atoms with van der Waals surface area (Å²) in [6, 6.07) is 10.9. The number of benzene rings is 2. The number of nitrogens with one attached hydrogen (secondary N) is 2. The second-order valence-corrected chi connectivity index (χ2v) is 7.86. The number of amides is 1. The van der Waals surface area contributed by atoms with Crippen molar-refractivity contribution in [3.8, 4) is 0 Å². The zero-order valence-corrected chi connectivity index (χ0v) is 15.2. The minimum absolute atomic E-state index is 0.0406. The van der Waals surface area contributed by atoms with Crippen LogP contribution in [0.15, 0.2) is 47.4 Å². The molecule has 1 amide bonds. The zero-order chi connectivity index (χ0) is 17.9. The van der Waals surface area contributed by atoms with Crippen LogP contribution in [0.5, 0.6) is 0 Å². The molecule has 2 aromatic rings. The van der Waals surface area contributed by atoms with Crippen LogP contribution < -0.4 is 10.0 Å². The zero-order valence-electron chi connectivity index (χ0n) is 13.6. The lowest BCUT2D eigenvalue weighted by molar-refractivity contribution is 0.102. The van der Waals surface area contributed by atoms with Crippen molar-refractivity contribution in [3.63, 3.8) is 0 Å². The van der Waals surface area contributed by atoms with E-state index in [2.05, 4.69) is 10.0 Å². The third-order valence-electron chi connectivity index (χ3n) is 3.17. The molecule has 7 heteroatoms. The molecular weight excluding hydrogens is 348 g/mol. The number of sulfonamides is 1.